The first-order valence-corrected chi connectivity index (χ1v) is 10.2. The summed E-state index contributed by atoms with van der Waals surface area (Å²) in [5.74, 6) is 0.971. The monoisotopic (exact) mass is 400 g/mol. The topological polar surface area (TPSA) is 97.6 Å². The second-order valence-corrected chi connectivity index (χ2v) is 7.06. The molecule has 8 heteroatoms. The zero-order valence-electron chi connectivity index (χ0n) is 17.0. The van der Waals surface area contributed by atoms with Gasteiger partial charge in [0.2, 0.25) is 0 Å². The van der Waals surface area contributed by atoms with Crippen molar-refractivity contribution in [3.63, 3.8) is 0 Å². The largest absolute Gasteiger partial charge is 0.466 e. The molecule has 1 aromatic heterocycles. The first-order valence-electron chi connectivity index (χ1n) is 10.2. The van der Waals surface area contributed by atoms with Gasteiger partial charge in [-0.2, -0.15) is 4.98 Å². The lowest BCUT2D eigenvalue weighted by Gasteiger charge is -2.30. The first-order chi connectivity index (χ1) is 14.1. The minimum atomic E-state index is -0.151. The summed E-state index contributed by atoms with van der Waals surface area (Å²) < 4.78 is 10.3. The van der Waals surface area contributed by atoms with Crippen LogP contribution < -0.4 is 5.32 Å². The number of likely N-dealkylation sites (tertiary alicyclic amines) is 1. The number of hydrogen-bond donors (Lipinski definition) is 1. The van der Waals surface area contributed by atoms with Crippen LogP contribution in [0, 0.1) is 5.92 Å². The van der Waals surface area contributed by atoms with Crippen molar-refractivity contribution in [2.75, 3.05) is 26.2 Å². The molecule has 29 heavy (non-hydrogen) atoms. The van der Waals surface area contributed by atoms with Crippen molar-refractivity contribution in [1.29, 1.82) is 0 Å². The number of piperidine rings is 1. The summed E-state index contributed by atoms with van der Waals surface area (Å²) in [6.07, 6.45) is 2.78. The van der Waals surface area contributed by atoms with Gasteiger partial charge in [0.15, 0.2) is 5.82 Å². The SMILES string of the molecule is CCOC(=O)C1CCN(C(=O)NCCc2ccc(-c3nc(CC)no3)cc2)CC1. The summed E-state index contributed by atoms with van der Waals surface area (Å²) in [5.41, 5.74) is 2.00. The summed E-state index contributed by atoms with van der Waals surface area (Å²) in [4.78, 5) is 30.2. The van der Waals surface area contributed by atoms with Gasteiger partial charge in [0, 0.05) is 31.6 Å². The van der Waals surface area contributed by atoms with Crippen LogP contribution in [-0.2, 0) is 22.4 Å². The van der Waals surface area contributed by atoms with Gasteiger partial charge in [-0.1, -0.05) is 24.2 Å². The Hall–Kier alpha value is -2.90. The average molecular weight is 400 g/mol. The van der Waals surface area contributed by atoms with E-state index in [1.165, 1.54) is 0 Å². The number of ether oxygens (including phenoxy) is 1. The van der Waals surface area contributed by atoms with Crippen LogP contribution in [0.25, 0.3) is 11.5 Å². The van der Waals surface area contributed by atoms with E-state index in [0.717, 1.165) is 24.0 Å². The van der Waals surface area contributed by atoms with Crippen molar-refractivity contribution in [3.8, 4) is 11.5 Å². The third-order valence-corrected chi connectivity index (χ3v) is 5.08. The molecule has 0 radical (unpaired) electrons. The van der Waals surface area contributed by atoms with E-state index in [9.17, 15) is 9.59 Å². The Balaban J connectivity index is 1.41. The fourth-order valence-electron chi connectivity index (χ4n) is 3.33. The second-order valence-electron chi connectivity index (χ2n) is 7.06. The normalized spacial score (nSPS) is 14.6. The lowest BCUT2D eigenvalue weighted by molar-refractivity contribution is -0.149. The van der Waals surface area contributed by atoms with Crippen LogP contribution in [0.2, 0.25) is 0 Å². The number of esters is 1. The summed E-state index contributed by atoms with van der Waals surface area (Å²) in [5, 5.41) is 6.86. The average Bonchev–Trinajstić information content (AvgIpc) is 3.24. The third kappa shape index (κ3) is 5.56. The molecule has 2 amide bonds. The molecule has 1 fully saturated rings. The molecule has 0 saturated carbocycles. The van der Waals surface area contributed by atoms with Crippen LogP contribution in [0.15, 0.2) is 28.8 Å². The number of urea groups is 1. The maximum atomic E-state index is 12.3. The Morgan fingerprint density at radius 3 is 2.55 bits per heavy atom. The molecule has 2 aromatic rings. The highest BCUT2D eigenvalue weighted by atomic mass is 16.5. The Kier molecular flexibility index (Phi) is 7.21. The van der Waals surface area contributed by atoms with Crippen molar-refractivity contribution in [1.82, 2.24) is 20.4 Å². The lowest BCUT2D eigenvalue weighted by Crippen LogP contribution is -2.46. The molecule has 2 heterocycles. The zero-order valence-corrected chi connectivity index (χ0v) is 17.0. The summed E-state index contributed by atoms with van der Waals surface area (Å²) >= 11 is 0. The number of aromatic nitrogens is 2. The molecule has 1 aliphatic rings. The minimum absolute atomic E-state index is 0.0816. The molecule has 1 aliphatic heterocycles. The van der Waals surface area contributed by atoms with Crippen molar-refractivity contribution < 1.29 is 18.8 Å². The second kappa shape index (κ2) is 10.0. The molecule has 3 rings (SSSR count). The van der Waals surface area contributed by atoms with Gasteiger partial charge >= 0.3 is 12.0 Å². The van der Waals surface area contributed by atoms with Gasteiger partial charge in [0.1, 0.15) is 0 Å². The molecule has 1 aromatic carbocycles. The standard InChI is InChI=1S/C21H28N4O4/c1-3-18-23-19(29-24-18)16-7-5-15(6-8-16)9-12-22-21(27)25-13-10-17(11-14-25)20(26)28-4-2/h5-8,17H,3-4,9-14H2,1-2H3,(H,22,27). The predicted molar refractivity (Wildman–Crippen MR) is 107 cm³/mol. The fraction of sp³-hybridized carbons (Fsp3) is 0.524. The molecule has 1 N–H and O–H groups in total. The smallest absolute Gasteiger partial charge is 0.317 e. The zero-order chi connectivity index (χ0) is 20.6. The van der Waals surface area contributed by atoms with Crippen molar-refractivity contribution >= 4 is 12.0 Å². The summed E-state index contributed by atoms with van der Waals surface area (Å²) in [6.45, 7) is 5.89. The van der Waals surface area contributed by atoms with Gasteiger partial charge in [-0.05, 0) is 43.9 Å². The molecule has 0 atom stereocenters. The Morgan fingerprint density at radius 2 is 1.93 bits per heavy atom. The van der Waals surface area contributed by atoms with E-state index < -0.39 is 0 Å². The number of nitrogens with zero attached hydrogens (tertiary/aromatic N) is 3. The quantitative estimate of drug-likeness (QED) is 0.718. The maximum Gasteiger partial charge on any atom is 0.317 e. The van der Waals surface area contributed by atoms with E-state index in [1.807, 2.05) is 31.2 Å². The van der Waals surface area contributed by atoms with Crippen LogP contribution in [0.1, 0.15) is 38.1 Å². The van der Waals surface area contributed by atoms with E-state index in [2.05, 4.69) is 15.5 Å². The molecule has 0 unspecified atom stereocenters. The Morgan fingerprint density at radius 1 is 1.21 bits per heavy atom. The summed E-state index contributed by atoms with van der Waals surface area (Å²) in [7, 11) is 0. The molecule has 8 nitrogen and oxygen atoms in total. The van der Waals surface area contributed by atoms with Crippen LogP contribution in [-0.4, -0.2) is 53.3 Å². The van der Waals surface area contributed by atoms with Gasteiger partial charge in [-0.15, -0.1) is 0 Å². The van der Waals surface area contributed by atoms with E-state index in [4.69, 9.17) is 9.26 Å². The molecule has 156 valence electrons. The van der Waals surface area contributed by atoms with E-state index in [1.54, 1.807) is 11.8 Å². The van der Waals surface area contributed by atoms with Crippen LogP contribution in [0.4, 0.5) is 4.79 Å². The maximum absolute atomic E-state index is 12.3. The van der Waals surface area contributed by atoms with Gasteiger partial charge in [0.05, 0.1) is 12.5 Å². The minimum Gasteiger partial charge on any atom is -0.466 e. The van der Waals surface area contributed by atoms with Crippen molar-refractivity contribution in [3.05, 3.63) is 35.7 Å². The third-order valence-electron chi connectivity index (χ3n) is 5.08. The number of nitrogens with one attached hydrogen (secondary N) is 1. The van der Waals surface area contributed by atoms with Crippen molar-refractivity contribution in [2.45, 2.75) is 39.5 Å². The molecule has 1 saturated heterocycles. The highest BCUT2D eigenvalue weighted by Crippen LogP contribution is 2.19. The summed E-state index contributed by atoms with van der Waals surface area (Å²) in [6, 6.07) is 7.82. The molecule has 0 bridgehead atoms. The Bertz CT molecular complexity index is 810. The lowest BCUT2D eigenvalue weighted by atomic mass is 9.97. The van der Waals surface area contributed by atoms with E-state index in [-0.39, 0.29) is 17.9 Å². The Labute approximate surface area is 170 Å². The molecule has 0 aliphatic carbocycles. The number of rotatable bonds is 7. The number of hydrogen-bond acceptors (Lipinski definition) is 6. The number of aryl methyl sites for hydroxylation is 1. The number of carbonyl (C=O) groups excluding carboxylic acids is 2. The number of benzene rings is 1. The van der Waals surface area contributed by atoms with E-state index in [0.29, 0.717) is 50.8 Å². The first kappa shape index (κ1) is 20.8. The van der Waals surface area contributed by atoms with Crippen molar-refractivity contribution in [2.24, 2.45) is 5.92 Å². The van der Waals surface area contributed by atoms with Crippen LogP contribution >= 0.6 is 0 Å². The highest BCUT2D eigenvalue weighted by Gasteiger charge is 2.27. The van der Waals surface area contributed by atoms with E-state index >= 15 is 0 Å². The molecular formula is C21H28N4O4. The fourth-order valence-corrected chi connectivity index (χ4v) is 3.33. The van der Waals surface area contributed by atoms with Gasteiger partial charge in [-0.3, -0.25) is 4.79 Å². The van der Waals surface area contributed by atoms with Crippen LogP contribution in [0.3, 0.4) is 0 Å². The van der Waals surface area contributed by atoms with Gasteiger partial charge in [0.25, 0.3) is 5.89 Å². The van der Waals surface area contributed by atoms with Gasteiger partial charge < -0.3 is 19.5 Å². The molecular weight excluding hydrogens is 372 g/mol. The number of amides is 2. The van der Waals surface area contributed by atoms with Crippen LogP contribution in [0.5, 0.6) is 0 Å². The van der Waals surface area contributed by atoms with Gasteiger partial charge in [-0.25, -0.2) is 4.79 Å². The predicted octanol–water partition coefficient (Wildman–Crippen LogP) is 2.83. The highest BCUT2D eigenvalue weighted by molar-refractivity contribution is 5.76. The number of carbonyl (C=O) groups is 2. The molecule has 0 spiro atoms.